The molecule has 0 radical (unpaired) electrons. The highest BCUT2D eigenvalue weighted by Gasteiger charge is 2.32. The number of fused-ring (bicyclic) bond motifs is 2. The monoisotopic (exact) mass is 322 g/mol. The molecule has 2 aromatic heterocycles. The van der Waals surface area contributed by atoms with Gasteiger partial charge in [-0.25, -0.2) is 4.68 Å². The Morgan fingerprint density at radius 2 is 2.00 bits per heavy atom. The third-order valence-corrected chi connectivity index (χ3v) is 4.49. The molecule has 4 rings (SSSR count). The van der Waals surface area contributed by atoms with Crippen molar-refractivity contribution in [2.75, 3.05) is 5.32 Å². The second-order valence-electron chi connectivity index (χ2n) is 6.43. The van der Waals surface area contributed by atoms with Crippen LogP contribution in [0.5, 0.6) is 0 Å². The van der Waals surface area contributed by atoms with Crippen LogP contribution < -0.4 is 10.9 Å². The van der Waals surface area contributed by atoms with Crippen LogP contribution in [0.15, 0.2) is 41.3 Å². The summed E-state index contributed by atoms with van der Waals surface area (Å²) in [6.07, 6.45) is 2.01. The number of amides is 1. The predicted octanol–water partition coefficient (Wildman–Crippen LogP) is 2.78. The first-order chi connectivity index (χ1) is 11.5. The van der Waals surface area contributed by atoms with Gasteiger partial charge < -0.3 is 10.3 Å². The third kappa shape index (κ3) is 2.22. The van der Waals surface area contributed by atoms with Crippen LogP contribution in [-0.2, 0) is 4.79 Å². The van der Waals surface area contributed by atoms with Gasteiger partial charge in [0.05, 0.1) is 6.20 Å². The topological polar surface area (TPSA) is 79.8 Å². The van der Waals surface area contributed by atoms with Crippen LogP contribution in [0.2, 0.25) is 0 Å². The quantitative estimate of drug-likeness (QED) is 0.761. The maximum absolute atomic E-state index is 12.6. The smallest absolute Gasteiger partial charge is 0.252 e. The average molecular weight is 322 g/mol. The van der Waals surface area contributed by atoms with Gasteiger partial charge in [0, 0.05) is 35.0 Å². The highest BCUT2D eigenvalue weighted by molar-refractivity contribution is 5.94. The number of nitrogens with zero attached hydrogens (tertiary/aromatic N) is 2. The van der Waals surface area contributed by atoms with E-state index in [2.05, 4.69) is 15.4 Å². The largest absolute Gasteiger partial charge is 0.322 e. The van der Waals surface area contributed by atoms with Gasteiger partial charge in [-0.1, -0.05) is 18.2 Å². The number of pyridine rings is 1. The summed E-state index contributed by atoms with van der Waals surface area (Å²) in [6, 6.07) is 9.65. The van der Waals surface area contributed by atoms with Gasteiger partial charge in [-0.2, -0.15) is 5.10 Å². The maximum atomic E-state index is 12.6. The van der Waals surface area contributed by atoms with Gasteiger partial charge in [0.15, 0.2) is 0 Å². The van der Waals surface area contributed by atoms with Gasteiger partial charge >= 0.3 is 0 Å². The Kier molecular flexibility index (Phi) is 3.26. The number of benzene rings is 1. The van der Waals surface area contributed by atoms with E-state index in [1.165, 1.54) is 0 Å². The fourth-order valence-corrected chi connectivity index (χ4v) is 3.33. The number of nitrogens with one attached hydrogen (secondary N) is 2. The third-order valence-electron chi connectivity index (χ3n) is 4.49. The fraction of sp³-hybridized carbons (Fsp3) is 0.278. The van der Waals surface area contributed by atoms with Crippen molar-refractivity contribution in [3.05, 3.63) is 58.0 Å². The fourth-order valence-electron chi connectivity index (χ4n) is 3.33. The summed E-state index contributed by atoms with van der Waals surface area (Å²) in [4.78, 5) is 27.7. The zero-order chi connectivity index (χ0) is 16.8. The van der Waals surface area contributed by atoms with E-state index >= 15 is 0 Å². The number of aromatic amines is 1. The van der Waals surface area contributed by atoms with Crippen LogP contribution in [0, 0.1) is 0 Å². The van der Waals surface area contributed by atoms with Crippen molar-refractivity contribution in [3.63, 3.8) is 0 Å². The van der Waals surface area contributed by atoms with E-state index in [0.717, 1.165) is 16.5 Å². The highest BCUT2D eigenvalue weighted by atomic mass is 16.2. The van der Waals surface area contributed by atoms with Crippen molar-refractivity contribution in [1.29, 1.82) is 0 Å². The molecule has 1 aliphatic rings. The number of carbonyl (C=O) groups is 1. The van der Waals surface area contributed by atoms with Gasteiger partial charge in [-0.05, 0) is 31.4 Å². The molecule has 0 aliphatic carbocycles. The molecule has 6 nitrogen and oxygen atoms in total. The first kappa shape index (κ1) is 14.7. The van der Waals surface area contributed by atoms with E-state index < -0.39 is 0 Å². The van der Waals surface area contributed by atoms with Crippen molar-refractivity contribution in [1.82, 2.24) is 14.8 Å². The average Bonchev–Trinajstić information content (AvgIpc) is 2.97. The van der Waals surface area contributed by atoms with Crippen molar-refractivity contribution >= 4 is 22.6 Å². The molecule has 1 aromatic carbocycles. The number of rotatable bonds is 2. The molecule has 6 heteroatoms. The summed E-state index contributed by atoms with van der Waals surface area (Å²) in [5.41, 5.74) is 2.14. The normalized spacial score (nSPS) is 17.1. The molecular formula is C18H18N4O2. The Morgan fingerprint density at radius 1 is 1.21 bits per heavy atom. The minimum Gasteiger partial charge on any atom is -0.322 e. The summed E-state index contributed by atoms with van der Waals surface area (Å²) in [5.74, 6) is 0.316. The summed E-state index contributed by atoms with van der Waals surface area (Å²) in [6.45, 7) is 4.01. The lowest BCUT2D eigenvalue weighted by Crippen LogP contribution is -2.28. The van der Waals surface area contributed by atoms with Gasteiger partial charge in [0.2, 0.25) is 5.91 Å². The summed E-state index contributed by atoms with van der Waals surface area (Å²) < 4.78 is 1.79. The number of carbonyl (C=O) groups excluding carboxylic acids is 1. The molecule has 0 saturated carbocycles. The minimum atomic E-state index is -0.283. The lowest BCUT2D eigenvalue weighted by atomic mass is 9.87. The predicted molar refractivity (Wildman–Crippen MR) is 92.3 cm³/mol. The second kappa shape index (κ2) is 5.33. The molecule has 1 amide bonds. The molecule has 3 heterocycles. The van der Waals surface area contributed by atoms with E-state index in [-0.39, 0.29) is 29.8 Å². The highest BCUT2D eigenvalue weighted by Crippen LogP contribution is 2.37. The number of hydrogen-bond acceptors (Lipinski definition) is 3. The summed E-state index contributed by atoms with van der Waals surface area (Å²) >= 11 is 0. The van der Waals surface area contributed by atoms with Gasteiger partial charge in [-0.3, -0.25) is 9.59 Å². The lowest BCUT2D eigenvalue weighted by molar-refractivity contribution is -0.116. The van der Waals surface area contributed by atoms with Crippen molar-refractivity contribution < 1.29 is 4.79 Å². The summed E-state index contributed by atoms with van der Waals surface area (Å²) in [5, 5.41) is 8.24. The van der Waals surface area contributed by atoms with Crippen LogP contribution in [0.3, 0.4) is 0 Å². The number of para-hydroxylation sites is 1. The zero-order valence-corrected chi connectivity index (χ0v) is 13.5. The number of aromatic nitrogens is 3. The number of anilines is 1. The Morgan fingerprint density at radius 3 is 2.79 bits per heavy atom. The molecule has 2 N–H and O–H groups in total. The van der Waals surface area contributed by atoms with Crippen LogP contribution in [0.25, 0.3) is 10.9 Å². The van der Waals surface area contributed by atoms with Gasteiger partial charge in [0.1, 0.15) is 5.82 Å². The molecule has 1 atom stereocenters. The van der Waals surface area contributed by atoms with Crippen LogP contribution >= 0.6 is 0 Å². The molecule has 0 spiro atoms. The number of H-pyrrole nitrogens is 1. The Hall–Kier alpha value is -2.89. The van der Waals surface area contributed by atoms with E-state index in [1.807, 2.05) is 44.2 Å². The Bertz CT molecular complexity index is 1000. The van der Waals surface area contributed by atoms with Crippen LogP contribution in [0.4, 0.5) is 5.82 Å². The van der Waals surface area contributed by atoms with Crippen LogP contribution in [-0.4, -0.2) is 20.7 Å². The van der Waals surface area contributed by atoms with Crippen molar-refractivity contribution in [3.8, 4) is 0 Å². The minimum absolute atomic E-state index is 0.0949. The van der Waals surface area contributed by atoms with E-state index in [1.54, 1.807) is 10.9 Å². The first-order valence-corrected chi connectivity index (χ1v) is 8.04. The van der Waals surface area contributed by atoms with E-state index in [9.17, 15) is 9.59 Å². The second-order valence-corrected chi connectivity index (χ2v) is 6.43. The molecule has 0 fully saturated rings. The molecule has 0 bridgehead atoms. The molecule has 3 aromatic rings. The molecule has 122 valence electrons. The van der Waals surface area contributed by atoms with Gasteiger partial charge in [0.25, 0.3) is 5.56 Å². The molecule has 0 saturated heterocycles. The Balaban J connectivity index is 1.90. The van der Waals surface area contributed by atoms with E-state index in [4.69, 9.17) is 0 Å². The standard InChI is InChI=1S/C18H18N4O2/c1-10(2)22-17-14(9-19-22)12(8-16(23)21-17)13-7-11-5-3-4-6-15(11)20-18(13)24/h3-7,9-10,12H,8H2,1-2H3,(H,20,24)(H,21,23)/t12-/m1/s1. The molecule has 24 heavy (non-hydrogen) atoms. The molecule has 1 aliphatic heterocycles. The van der Waals surface area contributed by atoms with E-state index in [0.29, 0.717) is 11.4 Å². The van der Waals surface area contributed by atoms with Crippen molar-refractivity contribution in [2.24, 2.45) is 0 Å². The maximum Gasteiger partial charge on any atom is 0.252 e. The molecule has 0 unspecified atom stereocenters. The summed E-state index contributed by atoms with van der Waals surface area (Å²) in [7, 11) is 0. The SMILES string of the molecule is CC(C)n1ncc2c1NC(=O)C[C@@H]2c1cc2ccccc2[nH]c1=O. The van der Waals surface area contributed by atoms with Crippen LogP contribution in [0.1, 0.15) is 43.4 Å². The number of hydrogen-bond donors (Lipinski definition) is 2. The van der Waals surface area contributed by atoms with Gasteiger partial charge in [-0.15, -0.1) is 0 Å². The zero-order valence-electron chi connectivity index (χ0n) is 13.5. The molecular weight excluding hydrogens is 304 g/mol. The first-order valence-electron chi connectivity index (χ1n) is 8.04. The Labute approximate surface area is 138 Å². The lowest BCUT2D eigenvalue weighted by Gasteiger charge is -2.24. The van der Waals surface area contributed by atoms with Crippen molar-refractivity contribution in [2.45, 2.75) is 32.2 Å².